The molecule has 1 aliphatic heterocycles. The predicted octanol–water partition coefficient (Wildman–Crippen LogP) is 3.05. The highest BCUT2D eigenvalue weighted by Gasteiger charge is 2.36. The number of benzene rings is 1. The van der Waals surface area contributed by atoms with E-state index in [1.165, 1.54) is 24.9 Å². The van der Waals surface area contributed by atoms with Crippen LogP contribution in [-0.2, 0) is 0 Å². The molecule has 1 heterocycles. The second-order valence-electron chi connectivity index (χ2n) is 5.99. The molecule has 2 unspecified atom stereocenters. The molecule has 0 radical (unpaired) electrons. The number of ether oxygens (including phenoxy) is 1. The van der Waals surface area contributed by atoms with Crippen LogP contribution >= 0.6 is 0 Å². The fourth-order valence-corrected chi connectivity index (χ4v) is 3.22. The number of hydrogen-bond acceptors (Lipinski definition) is 3. The van der Waals surface area contributed by atoms with Crippen molar-refractivity contribution in [2.45, 2.75) is 45.2 Å². The smallest absolute Gasteiger partial charge is 0.119 e. The minimum absolute atomic E-state index is 0.614. The van der Waals surface area contributed by atoms with Crippen molar-refractivity contribution < 1.29 is 4.74 Å². The molecule has 2 aliphatic rings. The molecule has 3 rings (SSSR count). The maximum Gasteiger partial charge on any atom is 0.119 e. The topological polar surface area (TPSA) is 24.5 Å². The van der Waals surface area contributed by atoms with E-state index in [-0.39, 0.29) is 0 Å². The Morgan fingerprint density at radius 3 is 2.55 bits per heavy atom. The summed E-state index contributed by atoms with van der Waals surface area (Å²) in [6.45, 7) is 7.30. The molecule has 3 nitrogen and oxygen atoms in total. The van der Waals surface area contributed by atoms with Crippen LogP contribution in [0.1, 0.15) is 33.1 Å². The number of nitrogens with one attached hydrogen (secondary N) is 1. The number of rotatable bonds is 5. The van der Waals surface area contributed by atoms with Gasteiger partial charge in [0.05, 0.1) is 6.61 Å². The minimum atomic E-state index is 0.614. The van der Waals surface area contributed by atoms with Gasteiger partial charge >= 0.3 is 0 Å². The summed E-state index contributed by atoms with van der Waals surface area (Å²) in [4.78, 5) is 2.59. The molecule has 1 aromatic carbocycles. The molecule has 0 spiro atoms. The molecule has 0 aromatic heterocycles. The normalized spacial score (nSPS) is 26.6. The second-order valence-corrected chi connectivity index (χ2v) is 5.99. The van der Waals surface area contributed by atoms with Crippen molar-refractivity contribution in [2.75, 3.05) is 24.6 Å². The zero-order valence-electron chi connectivity index (χ0n) is 12.6. The summed E-state index contributed by atoms with van der Waals surface area (Å²) in [5, 5.41) is 3.75. The standard InChI is InChI=1S/C17H26N2O/c1-3-14-11-18-17(13-5-6-13)12-19(14)15-7-9-16(10-8-15)20-4-2/h7-10,13-14,17-18H,3-6,11-12H2,1-2H3. The molecule has 3 heteroatoms. The first-order chi connectivity index (χ1) is 9.81. The third kappa shape index (κ3) is 2.93. The minimum Gasteiger partial charge on any atom is -0.494 e. The quantitative estimate of drug-likeness (QED) is 0.893. The summed E-state index contributed by atoms with van der Waals surface area (Å²) < 4.78 is 5.54. The van der Waals surface area contributed by atoms with E-state index in [4.69, 9.17) is 4.74 Å². The van der Waals surface area contributed by atoms with E-state index in [9.17, 15) is 0 Å². The monoisotopic (exact) mass is 274 g/mol. The van der Waals surface area contributed by atoms with Crippen LogP contribution in [0.25, 0.3) is 0 Å². The zero-order chi connectivity index (χ0) is 13.9. The number of anilines is 1. The summed E-state index contributed by atoms with van der Waals surface area (Å²) in [6.07, 6.45) is 4.01. The van der Waals surface area contributed by atoms with Crippen LogP contribution < -0.4 is 15.0 Å². The van der Waals surface area contributed by atoms with Gasteiger partial charge < -0.3 is 15.0 Å². The Hall–Kier alpha value is -1.22. The predicted molar refractivity (Wildman–Crippen MR) is 83.6 cm³/mol. The first kappa shape index (κ1) is 13.7. The summed E-state index contributed by atoms with van der Waals surface area (Å²) in [7, 11) is 0. The molecule has 1 saturated carbocycles. The number of hydrogen-bond donors (Lipinski definition) is 1. The first-order valence-corrected chi connectivity index (χ1v) is 8.04. The van der Waals surface area contributed by atoms with Crippen LogP contribution in [0.2, 0.25) is 0 Å². The van der Waals surface area contributed by atoms with Crippen molar-refractivity contribution in [1.29, 1.82) is 0 Å². The molecule has 1 saturated heterocycles. The highest BCUT2D eigenvalue weighted by atomic mass is 16.5. The van der Waals surface area contributed by atoms with Crippen LogP contribution in [-0.4, -0.2) is 31.8 Å². The molecule has 1 aromatic rings. The van der Waals surface area contributed by atoms with Crippen molar-refractivity contribution in [3.05, 3.63) is 24.3 Å². The first-order valence-electron chi connectivity index (χ1n) is 8.04. The van der Waals surface area contributed by atoms with E-state index >= 15 is 0 Å². The van der Waals surface area contributed by atoms with Crippen molar-refractivity contribution in [1.82, 2.24) is 5.32 Å². The highest BCUT2D eigenvalue weighted by Crippen LogP contribution is 2.35. The van der Waals surface area contributed by atoms with E-state index in [0.717, 1.165) is 31.4 Å². The third-order valence-corrected chi connectivity index (χ3v) is 4.59. The molecule has 1 aliphatic carbocycles. The van der Waals surface area contributed by atoms with E-state index in [2.05, 4.69) is 41.4 Å². The van der Waals surface area contributed by atoms with Gasteiger partial charge in [-0.15, -0.1) is 0 Å². The van der Waals surface area contributed by atoms with Gasteiger partial charge in [-0.1, -0.05) is 6.92 Å². The van der Waals surface area contributed by atoms with E-state index in [0.29, 0.717) is 12.1 Å². The van der Waals surface area contributed by atoms with Crippen LogP contribution in [0.15, 0.2) is 24.3 Å². The zero-order valence-corrected chi connectivity index (χ0v) is 12.6. The van der Waals surface area contributed by atoms with Crippen molar-refractivity contribution in [2.24, 2.45) is 5.92 Å². The lowest BCUT2D eigenvalue weighted by Gasteiger charge is -2.42. The van der Waals surface area contributed by atoms with Crippen LogP contribution in [0.5, 0.6) is 5.75 Å². The van der Waals surface area contributed by atoms with Crippen molar-refractivity contribution >= 4 is 5.69 Å². The molecule has 0 amide bonds. The Morgan fingerprint density at radius 1 is 1.20 bits per heavy atom. The molecule has 1 N–H and O–H groups in total. The number of nitrogens with zero attached hydrogens (tertiary/aromatic N) is 1. The molecule has 2 fully saturated rings. The molecule has 20 heavy (non-hydrogen) atoms. The summed E-state index contributed by atoms with van der Waals surface area (Å²) in [5.41, 5.74) is 1.34. The third-order valence-electron chi connectivity index (χ3n) is 4.59. The Labute approximate surface area is 122 Å². The Bertz CT molecular complexity index is 427. The van der Waals surface area contributed by atoms with Gasteiger partial charge in [0, 0.05) is 30.9 Å². The molecular formula is C17H26N2O. The lowest BCUT2D eigenvalue weighted by Crippen LogP contribution is -2.57. The fourth-order valence-electron chi connectivity index (χ4n) is 3.22. The van der Waals surface area contributed by atoms with Crippen molar-refractivity contribution in [3.63, 3.8) is 0 Å². The van der Waals surface area contributed by atoms with Crippen LogP contribution in [0, 0.1) is 5.92 Å². The summed E-state index contributed by atoms with van der Waals surface area (Å²) in [6, 6.07) is 9.91. The van der Waals surface area contributed by atoms with Gasteiger partial charge in [-0.3, -0.25) is 0 Å². The average Bonchev–Trinajstić information content (AvgIpc) is 3.32. The van der Waals surface area contributed by atoms with E-state index in [1.54, 1.807) is 0 Å². The Morgan fingerprint density at radius 2 is 1.95 bits per heavy atom. The van der Waals surface area contributed by atoms with Gasteiger partial charge in [0.15, 0.2) is 0 Å². The van der Waals surface area contributed by atoms with E-state index < -0.39 is 0 Å². The lowest BCUT2D eigenvalue weighted by molar-refractivity contribution is 0.339. The van der Waals surface area contributed by atoms with Gasteiger partial charge in [-0.05, 0) is 56.4 Å². The fraction of sp³-hybridized carbons (Fsp3) is 0.647. The van der Waals surface area contributed by atoms with Crippen LogP contribution in [0.4, 0.5) is 5.69 Å². The van der Waals surface area contributed by atoms with Crippen LogP contribution in [0.3, 0.4) is 0 Å². The molecular weight excluding hydrogens is 248 g/mol. The van der Waals surface area contributed by atoms with Gasteiger partial charge in [-0.2, -0.15) is 0 Å². The Kier molecular flexibility index (Phi) is 4.16. The van der Waals surface area contributed by atoms with E-state index in [1.807, 2.05) is 6.92 Å². The van der Waals surface area contributed by atoms with Gasteiger partial charge in [0.2, 0.25) is 0 Å². The highest BCUT2D eigenvalue weighted by molar-refractivity contribution is 5.51. The number of piperazine rings is 1. The maximum absolute atomic E-state index is 5.54. The second kappa shape index (κ2) is 6.04. The van der Waals surface area contributed by atoms with Gasteiger partial charge in [0.25, 0.3) is 0 Å². The molecule has 110 valence electrons. The van der Waals surface area contributed by atoms with Gasteiger partial charge in [0.1, 0.15) is 5.75 Å². The lowest BCUT2D eigenvalue weighted by atomic mass is 10.0. The maximum atomic E-state index is 5.54. The molecule has 0 bridgehead atoms. The summed E-state index contributed by atoms with van der Waals surface area (Å²) >= 11 is 0. The largest absolute Gasteiger partial charge is 0.494 e. The van der Waals surface area contributed by atoms with Crippen molar-refractivity contribution in [3.8, 4) is 5.75 Å². The SMILES string of the molecule is CCOc1ccc(N2CC(C3CC3)NCC2CC)cc1. The average molecular weight is 274 g/mol. The molecule has 2 atom stereocenters. The van der Waals surface area contributed by atoms with Gasteiger partial charge in [-0.25, -0.2) is 0 Å². The Balaban J connectivity index is 1.73. The summed E-state index contributed by atoms with van der Waals surface area (Å²) in [5.74, 6) is 1.89.